The lowest BCUT2D eigenvalue weighted by Crippen LogP contribution is -2.48. The third-order valence-electron chi connectivity index (χ3n) is 8.88. The summed E-state index contributed by atoms with van der Waals surface area (Å²) in [6.07, 6.45) is 6.40. The predicted molar refractivity (Wildman–Crippen MR) is 161 cm³/mol. The van der Waals surface area contributed by atoms with E-state index in [-0.39, 0.29) is 47.2 Å². The summed E-state index contributed by atoms with van der Waals surface area (Å²) in [5.74, 6) is -0.822. The lowest BCUT2D eigenvalue weighted by Gasteiger charge is -2.33. The molecule has 0 aliphatic carbocycles. The van der Waals surface area contributed by atoms with Crippen molar-refractivity contribution in [2.24, 2.45) is 5.92 Å². The molecule has 8 nitrogen and oxygen atoms in total. The van der Waals surface area contributed by atoms with Gasteiger partial charge in [0.15, 0.2) is 5.78 Å². The zero-order chi connectivity index (χ0) is 30.3. The van der Waals surface area contributed by atoms with E-state index in [9.17, 15) is 18.8 Å². The maximum atomic E-state index is 14.6. The first-order valence-corrected chi connectivity index (χ1v) is 15.2. The highest BCUT2D eigenvalue weighted by molar-refractivity contribution is 6.11. The van der Waals surface area contributed by atoms with E-state index < -0.39 is 5.82 Å². The van der Waals surface area contributed by atoms with Gasteiger partial charge < -0.3 is 19.7 Å². The molecule has 2 saturated heterocycles. The highest BCUT2D eigenvalue weighted by Gasteiger charge is 2.35. The van der Waals surface area contributed by atoms with Crippen LogP contribution in [0.5, 0.6) is 0 Å². The van der Waals surface area contributed by atoms with Crippen LogP contribution in [0, 0.1) is 18.7 Å². The molecule has 5 rings (SSSR count). The lowest BCUT2D eigenvalue weighted by molar-refractivity contribution is -0.134. The molecule has 224 valence electrons. The number of piperidine rings is 1. The molecule has 2 aliphatic heterocycles. The van der Waals surface area contributed by atoms with Crippen molar-refractivity contribution in [3.63, 3.8) is 0 Å². The van der Waals surface area contributed by atoms with Crippen molar-refractivity contribution in [1.29, 1.82) is 0 Å². The smallest absolute Gasteiger partial charge is 0.256 e. The van der Waals surface area contributed by atoms with Crippen LogP contribution in [0.25, 0.3) is 16.6 Å². The Morgan fingerprint density at radius 2 is 1.71 bits per heavy atom. The summed E-state index contributed by atoms with van der Waals surface area (Å²) in [4.78, 5) is 49.0. The number of hydrogen-bond donors (Lipinski definition) is 1. The number of aromatic nitrogens is 2. The van der Waals surface area contributed by atoms with Crippen LogP contribution in [-0.4, -0.2) is 74.2 Å². The van der Waals surface area contributed by atoms with Gasteiger partial charge in [0, 0.05) is 60.0 Å². The molecule has 0 radical (unpaired) electrons. The number of hydrogen-bond acceptors (Lipinski definition) is 5. The third kappa shape index (κ3) is 5.46. The van der Waals surface area contributed by atoms with Crippen molar-refractivity contribution in [2.75, 3.05) is 13.1 Å². The Balaban J connectivity index is 1.49. The van der Waals surface area contributed by atoms with E-state index in [2.05, 4.69) is 17.2 Å². The quantitative estimate of drug-likeness (QED) is 0.387. The molecule has 2 aliphatic rings. The molecular formula is C33H42FN5O3. The fraction of sp³-hybridized carbons (Fsp3) is 0.515. The summed E-state index contributed by atoms with van der Waals surface area (Å²) in [5.41, 5.74) is 2.72. The number of carbonyl (C=O) groups is 3. The van der Waals surface area contributed by atoms with Gasteiger partial charge in [0.25, 0.3) is 5.91 Å². The molecule has 0 bridgehead atoms. The normalized spacial score (nSPS) is 19.7. The Bertz CT molecular complexity index is 1500. The molecule has 1 aromatic carbocycles. The number of rotatable bonds is 7. The van der Waals surface area contributed by atoms with Gasteiger partial charge in [-0.05, 0) is 91.5 Å². The van der Waals surface area contributed by atoms with E-state index in [1.165, 1.54) is 12.1 Å². The minimum Gasteiger partial charge on any atom is -0.341 e. The second kappa shape index (κ2) is 12.0. The van der Waals surface area contributed by atoms with Crippen LogP contribution >= 0.6 is 0 Å². The number of halogens is 1. The minimum absolute atomic E-state index is 0.0307. The first-order valence-electron chi connectivity index (χ1n) is 15.2. The molecular weight excluding hydrogens is 533 g/mol. The topological polar surface area (TPSA) is 87.5 Å². The van der Waals surface area contributed by atoms with Gasteiger partial charge in [-0.15, -0.1) is 0 Å². The predicted octanol–water partition coefficient (Wildman–Crippen LogP) is 5.29. The summed E-state index contributed by atoms with van der Waals surface area (Å²) in [5, 5.41) is 4.13. The Labute approximate surface area is 247 Å². The zero-order valence-corrected chi connectivity index (χ0v) is 25.5. The molecule has 42 heavy (non-hydrogen) atoms. The second-order valence-corrected chi connectivity index (χ2v) is 12.4. The van der Waals surface area contributed by atoms with Gasteiger partial charge in [-0.1, -0.05) is 0 Å². The van der Waals surface area contributed by atoms with Crippen molar-refractivity contribution in [2.45, 2.75) is 91.4 Å². The van der Waals surface area contributed by atoms with Gasteiger partial charge >= 0.3 is 0 Å². The second-order valence-electron chi connectivity index (χ2n) is 12.4. The van der Waals surface area contributed by atoms with Crippen LogP contribution in [0.15, 0.2) is 36.7 Å². The first kappa shape index (κ1) is 29.9. The molecule has 2 aromatic heterocycles. The number of likely N-dealkylation sites (tertiary alicyclic amines) is 1. The monoisotopic (exact) mass is 575 g/mol. The van der Waals surface area contributed by atoms with Crippen LogP contribution in [-0.2, 0) is 4.79 Å². The van der Waals surface area contributed by atoms with Crippen molar-refractivity contribution in [3.8, 4) is 5.69 Å². The number of fused-ring (bicyclic) bond motifs is 1. The maximum Gasteiger partial charge on any atom is 0.256 e. The SMILES string of the molecule is Cc1c(C(=O)C2CCN(C(=O)[C@@H]3CC[C@@H](C)N3)CC2)c2ccncc2n1-c1ccc(F)cc1C(=O)N(C(C)C)C(C)C. The molecule has 0 spiro atoms. The van der Waals surface area contributed by atoms with Crippen molar-refractivity contribution in [3.05, 3.63) is 59.3 Å². The number of Topliss-reactive ketones (excluding diaryl/α,β-unsaturated/α-hetero) is 1. The van der Waals surface area contributed by atoms with E-state index in [0.29, 0.717) is 54.4 Å². The summed E-state index contributed by atoms with van der Waals surface area (Å²) in [7, 11) is 0. The summed E-state index contributed by atoms with van der Waals surface area (Å²) >= 11 is 0. The molecule has 0 unspecified atom stereocenters. The number of benzene rings is 1. The molecule has 0 saturated carbocycles. The average molecular weight is 576 g/mol. The maximum absolute atomic E-state index is 14.6. The van der Waals surface area contributed by atoms with E-state index in [1.54, 1.807) is 23.4 Å². The molecule has 2 amide bonds. The van der Waals surface area contributed by atoms with Crippen LogP contribution < -0.4 is 5.32 Å². The Morgan fingerprint density at radius 1 is 1.02 bits per heavy atom. The van der Waals surface area contributed by atoms with Crippen molar-refractivity contribution < 1.29 is 18.8 Å². The fourth-order valence-corrected chi connectivity index (χ4v) is 6.87. The van der Waals surface area contributed by atoms with Gasteiger partial charge in [0.05, 0.1) is 29.0 Å². The summed E-state index contributed by atoms with van der Waals surface area (Å²) in [6.45, 7) is 12.8. The van der Waals surface area contributed by atoms with Crippen molar-refractivity contribution >= 4 is 28.5 Å². The molecule has 3 aromatic rings. The third-order valence-corrected chi connectivity index (χ3v) is 8.88. The van der Waals surface area contributed by atoms with Gasteiger partial charge in [-0.25, -0.2) is 4.39 Å². The molecule has 2 fully saturated rings. The zero-order valence-electron chi connectivity index (χ0n) is 25.5. The summed E-state index contributed by atoms with van der Waals surface area (Å²) < 4.78 is 16.5. The molecule has 2 atom stereocenters. The largest absolute Gasteiger partial charge is 0.341 e. The Kier molecular flexibility index (Phi) is 8.51. The van der Waals surface area contributed by atoms with Crippen LogP contribution in [0.4, 0.5) is 4.39 Å². The minimum atomic E-state index is -0.498. The number of carbonyl (C=O) groups excluding carboxylic acids is 3. The van der Waals surface area contributed by atoms with Gasteiger partial charge in [0.1, 0.15) is 5.82 Å². The highest BCUT2D eigenvalue weighted by atomic mass is 19.1. The molecule has 4 heterocycles. The van der Waals surface area contributed by atoms with Crippen molar-refractivity contribution in [1.82, 2.24) is 24.7 Å². The van der Waals surface area contributed by atoms with E-state index in [4.69, 9.17) is 0 Å². The number of pyridine rings is 1. The van der Waals surface area contributed by atoms with E-state index in [0.717, 1.165) is 18.2 Å². The number of ketones is 1. The Hall–Kier alpha value is -3.59. The van der Waals surface area contributed by atoms with Gasteiger partial charge in [0.2, 0.25) is 5.91 Å². The fourth-order valence-electron chi connectivity index (χ4n) is 6.87. The average Bonchev–Trinajstić information content (AvgIpc) is 3.52. The first-order chi connectivity index (χ1) is 20.0. The highest BCUT2D eigenvalue weighted by Crippen LogP contribution is 2.34. The van der Waals surface area contributed by atoms with Gasteiger partial charge in [-0.2, -0.15) is 0 Å². The lowest BCUT2D eigenvalue weighted by atomic mass is 9.87. The summed E-state index contributed by atoms with van der Waals surface area (Å²) in [6, 6.07) is 6.12. The number of nitrogens with one attached hydrogen (secondary N) is 1. The van der Waals surface area contributed by atoms with E-state index >= 15 is 0 Å². The van der Waals surface area contributed by atoms with Crippen LogP contribution in [0.2, 0.25) is 0 Å². The van der Waals surface area contributed by atoms with E-state index in [1.807, 2.05) is 50.2 Å². The standard InChI is InChI=1S/C33H42FN5O3/c1-19(2)38(20(3)4)32(41)26-17-24(34)8-10-28(26)39-22(6)30(25-11-14-35-18-29(25)39)31(40)23-12-15-37(16-13-23)33(42)27-9-7-21(5)36-27/h8,10-11,14,17-21,23,27,36H,7,9,12-13,15-16H2,1-6H3/t21-,27+/m1/s1. The number of amides is 2. The Morgan fingerprint density at radius 3 is 2.33 bits per heavy atom. The number of nitrogens with zero attached hydrogens (tertiary/aromatic N) is 4. The molecule has 9 heteroatoms. The van der Waals surface area contributed by atoms with Crippen LogP contribution in [0.3, 0.4) is 0 Å². The van der Waals surface area contributed by atoms with Crippen LogP contribution in [0.1, 0.15) is 86.7 Å². The van der Waals surface area contributed by atoms with Gasteiger partial charge in [-0.3, -0.25) is 19.4 Å². The molecule has 1 N–H and O–H groups in total.